The zero-order valence-corrected chi connectivity index (χ0v) is 5.54. The van der Waals surface area contributed by atoms with Gasteiger partial charge < -0.3 is 0 Å². The largest absolute Gasteiger partial charge is 0.295 e. The number of hydrogen-bond acceptors (Lipinski definition) is 3. The number of nitrogens with zero attached hydrogens (tertiary/aromatic N) is 1. The number of thiazole rings is 1. The molecule has 1 heterocycles. The maximum atomic E-state index is 9.82. The molecule has 1 aromatic heterocycles. The van der Waals surface area contributed by atoms with Gasteiger partial charge in [-0.1, -0.05) is 0 Å². The first-order chi connectivity index (χ1) is 3.43. The Balaban J connectivity index is 0.000000490. The lowest BCUT2D eigenvalue weighted by Gasteiger charge is -1.65. The molecule has 0 amide bonds. The number of rotatable bonds is 1. The van der Waals surface area contributed by atoms with E-state index in [2.05, 4.69) is 4.98 Å². The summed E-state index contributed by atoms with van der Waals surface area (Å²) >= 11 is 1.34. The number of halogens is 1. The number of hydrogen-bond donors (Lipinski definition) is 0. The minimum atomic E-state index is 0. The van der Waals surface area contributed by atoms with Gasteiger partial charge in [0.2, 0.25) is 0 Å². The monoisotopic (exact) mass is 149 g/mol. The summed E-state index contributed by atoms with van der Waals surface area (Å²) in [5.41, 5.74) is 0. The Morgan fingerprint density at radius 1 is 1.75 bits per heavy atom. The highest BCUT2D eigenvalue weighted by Crippen LogP contribution is 1.97. The van der Waals surface area contributed by atoms with Gasteiger partial charge in [0, 0.05) is 11.6 Å². The second-order valence-electron chi connectivity index (χ2n) is 0.988. The summed E-state index contributed by atoms with van der Waals surface area (Å²) in [5, 5.41) is 2.31. The van der Waals surface area contributed by atoms with Gasteiger partial charge in [-0.05, 0) is 0 Å². The molecule has 0 unspecified atom stereocenters. The van der Waals surface area contributed by atoms with Crippen LogP contribution in [0.5, 0.6) is 0 Å². The Bertz CT molecular complexity index is 151. The van der Waals surface area contributed by atoms with E-state index in [0.717, 1.165) is 6.29 Å². The highest BCUT2D eigenvalue weighted by molar-refractivity contribution is 7.11. The summed E-state index contributed by atoms with van der Waals surface area (Å²) in [7, 11) is 0. The Morgan fingerprint density at radius 2 is 2.50 bits per heavy atom. The predicted molar refractivity (Wildman–Crippen MR) is 34.7 cm³/mol. The molecule has 0 aliphatic carbocycles. The van der Waals surface area contributed by atoms with Crippen molar-refractivity contribution in [2.45, 2.75) is 0 Å². The van der Waals surface area contributed by atoms with E-state index in [1.807, 2.05) is 0 Å². The van der Waals surface area contributed by atoms with Gasteiger partial charge in [-0.2, -0.15) is 0 Å². The lowest BCUT2D eigenvalue weighted by atomic mass is 10.8. The second-order valence-corrected chi connectivity index (χ2v) is 1.91. The number of aromatic nitrogens is 1. The lowest BCUT2D eigenvalue weighted by molar-refractivity contribution is 0.112. The summed E-state index contributed by atoms with van der Waals surface area (Å²) in [6.45, 7) is 0. The fourth-order valence-electron chi connectivity index (χ4n) is 0.293. The van der Waals surface area contributed by atoms with Gasteiger partial charge in [-0.15, -0.1) is 23.7 Å². The third-order valence-electron chi connectivity index (χ3n) is 0.552. The molecule has 0 aromatic carbocycles. The third-order valence-corrected chi connectivity index (χ3v) is 1.25. The first-order valence-electron chi connectivity index (χ1n) is 1.78. The molecular formula is C4H4ClNOS. The van der Waals surface area contributed by atoms with Crippen LogP contribution >= 0.6 is 23.7 Å². The van der Waals surface area contributed by atoms with Gasteiger partial charge in [0.05, 0.1) is 0 Å². The molecule has 8 heavy (non-hydrogen) atoms. The van der Waals surface area contributed by atoms with Crippen molar-refractivity contribution in [3.63, 3.8) is 0 Å². The van der Waals surface area contributed by atoms with Gasteiger partial charge in [0.1, 0.15) is 0 Å². The minimum Gasteiger partial charge on any atom is -0.295 e. The molecule has 1 aromatic rings. The minimum absolute atomic E-state index is 0. The second kappa shape index (κ2) is 3.57. The van der Waals surface area contributed by atoms with Crippen molar-refractivity contribution in [2.75, 3.05) is 0 Å². The summed E-state index contributed by atoms with van der Waals surface area (Å²) in [6, 6.07) is 0. The van der Waals surface area contributed by atoms with Crippen LogP contribution in [-0.4, -0.2) is 11.3 Å². The topological polar surface area (TPSA) is 30.0 Å². The van der Waals surface area contributed by atoms with E-state index in [1.165, 1.54) is 11.3 Å². The summed E-state index contributed by atoms with van der Waals surface area (Å²) in [4.78, 5) is 13.5. The quantitative estimate of drug-likeness (QED) is 0.565. The van der Waals surface area contributed by atoms with Crippen molar-refractivity contribution < 1.29 is 4.79 Å². The smallest absolute Gasteiger partial charge is 0.178 e. The number of carbonyl (C=O) groups is 1. The highest BCUT2D eigenvalue weighted by atomic mass is 35.5. The first kappa shape index (κ1) is 7.59. The fraction of sp³-hybridized carbons (Fsp3) is 0. The number of carbonyl (C=O) groups excluding carboxylic acids is 1. The van der Waals surface area contributed by atoms with Crippen molar-refractivity contribution in [3.05, 3.63) is 16.6 Å². The molecule has 0 radical (unpaired) electrons. The molecule has 0 bridgehead atoms. The van der Waals surface area contributed by atoms with Crippen LogP contribution < -0.4 is 0 Å². The van der Waals surface area contributed by atoms with Crippen molar-refractivity contribution in [2.24, 2.45) is 0 Å². The molecule has 0 N–H and O–H groups in total. The molecule has 1 rings (SSSR count). The summed E-state index contributed by atoms with van der Waals surface area (Å²) < 4.78 is 0. The van der Waals surface area contributed by atoms with Crippen molar-refractivity contribution >= 4 is 30.0 Å². The van der Waals surface area contributed by atoms with Gasteiger partial charge in [0.15, 0.2) is 11.3 Å². The zero-order valence-electron chi connectivity index (χ0n) is 3.90. The Morgan fingerprint density at radius 3 is 2.75 bits per heavy atom. The van der Waals surface area contributed by atoms with Gasteiger partial charge in [-0.3, -0.25) is 4.79 Å². The fourth-order valence-corrected chi connectivity index (χ4v) is 0.731. The standard InChI is InChI=1S/C4H3NOS.ClH/c6-3-4-5-1-2-7-4;/h1-3H;1H. The Kier molecular flexibility index (Phi) is 3.39. The summed E-state index contributed by atoms with van der Waals surface area (Å²) in [6.07, 6.45) is 2.35. The van der Waals surface area contributed by atoms with Crippen LogP contribution in [0.4, 0.5) is 0 Å². The highest BCUT2D eigenvalue weighted by Gasteiger charge is 1.84. The summed E-state index contributed by atoms with van der Waals surface area (Å²) in [5.74, 6) is 0. The van der Waals surface area contributed by atoms with E-state index in [4.69, 9.17) is 0 Å². The molecule has 2 nitrogen and oxygen atoms in total. The van der Waals surface area contributed by atoms with Gasteiger partial charge >= 0.3 is 0 Å². The van der Waals surface area contributed by atoms with Gasteiger partial charge in [-0.25, -0.2) is 4.98 Å². The van der Waals surface area contributed by atoms with Crippen LogP contribution in [0.25, 0.3) is 0 Å². The van der Waals surface area contributed by atoms with E-state index >= 15 is 0 Å². The zero-order chi connectivity index (χ0) is 5.11. The van der Waals surface area contributed by atoms with Crippen LogP contribution in [0.2, 0.25) is 0 Å². The van der Waals surface area contributed by atoms with E-state index in [1.54, 1.807) is 11.6 Å². The van der Waals surface area contributed by atoms with Gasteiger partial charge in [0.25, 0.3) is 0 Å². The molecule has 0 aliphatic rings. The molecule has 44 valence electrons. The van der Waals surface area contributed by atoms with Crippen LogP contribution in [-0.2, 0) is 0 Å². The van der Waals surface area contributed by atoms with Crippen molar-refractivity contribution in [1.29, 1.82) is 0 Å². The molecular weight excluding hydrogens is 146 g/mol. The van der Waals surface area contributed by atoms with E-state index in [-0.39, 0.29) is 12.4 Å². The van der Waals surface area contributed by atoms with Crippen LogP contribution in [0, 0.1) is 0 Å². The average molecular weight is 150 g/mol. The predicted octanol–water partition coefficient (Wildman–Crippen LogP) is 1.38. The maximum absolute atomic E-state index is 9.82. The van der Waals surface area contributed by atoms with Crippen LogP contribution in [0.1, 0.15) is 9.80 Å². The molecule has 0 aliphatic heterocycles. The first-order valence-corrected chi connectivity index (χ1v) is 2.66. The van der Waals surface area contributed by atoms with Crippen LogP contribution in [0.3, 0.4) is 0 Å². The van der Waals surface area contributed by atoms with Crippen molar-refractivity contribution in [1.82, 2.24) is 4.98 Å². The third kappa shape index (κ3) is 1.60. The molecule has 0 atom stereocenters. The molecule has 4 heteroatoms. The lowest BCUT2D eigenvalue weighted by Crippen LogP contribution is -1.69. The molecule has 0 saturated carbocycles. The Hall–Kier alpha value is -0.410. The molecule has 0 spiro atoms. The van der Waals surface area contributed by atoms with E-state index in [9.17, 15) is 4.79 Å². The van der Waals surface area contributed by atoms with E-state index < -0.39 is 0 Å². The molecule has 0 fully saturated rings. The number of aldehydes is 1. The normalized spacial score (nSPS) is 7.50. The molecule has 0 saturated heterocycles. The van der Waals surface area contributed by atoms with E-state index in [0.29, 0.717) is 5.01 Å². The SMILES string of the molecule is Cl.O=Cc1nccs1. The van der Waals surface area contributed by atoms with Crippen molar-refractivity contribution in [3.8, 4) is 0 Å². The Labute approximate surface area is 57.0 Å². The average Bonchev–Trinajstić information content (AvgIpc) is 2.14. The maximum Gasteiger partial charge on any atom is 0.178 e. The van der Waals surface area contributed by atoms with Crippen LogP contribution in [0.15, 0.2) is 11.6 Å².